The molecule has 0 unspecified atom stereocenters. The second kappa shape index (κ2) is 13.1. The van der Waals surface area contributed by atoms with E-state index in [1.165, 1.54) is 10.8 Å². The number of likely N-dealkylation sites (N-methyl/N-ethyl adjacent to an activating group) is 1. The molecular formula is C35H37N3O8. The Bertz CT molecular complexity index is 1730. The van der Waals surface area contributed by atoms with Gasteiger partial charge in [-0.15, -0.1) is 0 Å². The fourth-order valence-electron chi connectivity index (χ4n) is 6.61. The van der Waals surface area contributed by atoms with Crippen LogP contribution in [0, 0.1) is 12.8 Å². The van der Waals surface area contributed by atoms with Gasteiger partial charge in [0.25, 0.3) is 5.56 Å². The third-order valence-corrected chi connectivity index (χ3v) is 8.73. The highest BCUT2D eigenvalue weighted by Gasteiger charge is 2.60. The van der Waals surface area contributed by atoms with Gasteiger partial charge in [-0.25, -0.2) is 9.59 Å². The minimum atomic E-state index is -1.07. The molecule has 46 heavy (non-hydrogen) atoms. The number of nitrogens with zero attached hydrogens (tertiary/aromatic N) is 2. The van der Waals surface area contributed by atoms with Crippen molar-refractivity contribution in [3.05, 3.63) is 134 Å². The number of H-pyrrole nitrogens is 1. The number of aromatic nitrogens is 2. The molecule has 11 nitrogen and oxygen atoms in total. The van der Waals surface area contributed by atoms with Crippen molar-refractivity contribution < 1.29 is 28.6 Å². The molecule has 0 saturated carbocycles. The molecule has 3 heterocycles. The first kappa shape index (κ1) is 31.4. The van der Waals surface area contributed by atoms with Gasteiger partial charge in [-0.3, -0.25) is 19.2 Å². The maximum Gasteiger partial charge on any atom is 0.337 e. The molecule has 3 aromatic carbocycles. The fourth-order valence-corrected chi connectivity index (χ4v) is 6.61. The Balaban J connectivity index is 1.44. The number of carbonyl (C=O) groups excluding carboxylic acids is 1. The molecule has 0 amide bonds. The van der Waals surface area contributed by atoms with E-state index in [2.05, 4.69) is 4.98 Å². The minimum Gasteiger partial charge on any atom is -0.497 e. The fraction of sp³-hybridized carbons (Fsp3) is 0.343. The predicted molar refractivity (Wildman–Crippen MR) is 168 cm³/mol. The van der Waals surface area contributed by atoms with Gasteiger partial charge in [-0.1, -0.05) is 72.8 Å². The van der Waals surface area contributed by atoms with Crippen molar-refractivity contribution in [2.24, 2.45) is 5.92 Å². The normalized spacial score (nSPS) is 22.8. The Morgan fingerprint density at radius 1 is 0.935 bits per heavy atom. The van der Waals surface area contributed by atoms with E-state index in [0.717, 1.165) is 16.7 Å². The van der Waals surface area contributed by atoms with Crippen molar-refractivity contribution in [1.82, 2.24) is 14.6 Å². The molecule has 2 fully saturated rings. The summed E-state index contributed by atoms with van der Waals surface area (Å²) in [5.74, 6) is -0.503. The Labute approximate surface area is 266 Å². The van der Waals surface area contributed by atoms with Crippen molar-refractivity contribution in [2.45, 2.75) is 43.9 Å². The number of hydrogen-bond acceptors (Lipinski definition) is 9. The molecule has 240 valence electrons. The quantitative estimate of drug-likeness (QED) is 0.208. The number of aryl methyl sites for hydroxylation is 1. The van der Waals surface area contributed by atoms with Crippen LogP contribution in [0.3, 0.4) is 0 Å². The average molecular weight is 628 g/mol. The number of rotatable bonds is 10. The lowest BCUT2D eigenvalue weighted by Crippen LogP contribution is -2.42. The number of ether oxygens (including phenoxy) is 4. The van der Waals surface area contributed by atoms with E-state index >= 15 is 0 Å². The van der Waals surface area contributed by atoms with Gasteiger partial charge >= 0.3 is 11.7 Å². The van der Waals surface area contributed by atoms with Crippen LogP contribution in [0.1, 0.15) is 35.4 Å². The maximum atomic E-state index is 13.1. The van der Waals surface area contributed by atoms with Gasteiger partial charge in [0.05, 0.1) is 32.3 Å². The van der Waals surface area contributed by atoms with E-state index < -0.39 is 53.2 Å². The van der Waals surface area contributed by atoms with Crippen LogP contribution in [0.25, 0.3) is 0 Å². The summed E-state index contributed by atoms with van der Waals surface area (Å²) in [5, 5.41) is 1.59. The van der Waals surface area contributed by atoms with Crippen LogP contribution in [-0.4, -0.2) is 66.2 Å². The number of nitrogens with one attached hydrogen (secondary N) is 1. The Morgan fingerprint density at radius 2 is 1.54 bits per heavy atom. The third kappa shape index (κ3) is 5.56. The van der Waals surface area contributed by atoms with Gasteiger partial charge < -0.3 is 18.9 Å². The van der Waals surface area contributed by atoms with E-state index in [-0.39, 0.29) is 13.2 Å². The SMILES string of the molecule is CCOC(=O)[C@H]1ON(C)[C@H]2[C@@H]1[C@H](n1cc(C)c(=O)[nH]c1=O)O[C@@H]2COC(c1ccccc1)(c1ccccc1)c1ccc(OC)cc1. The van der Waals surface area contributed by atoms with Crippen LogP contribution >= 0.6 is 0 Å². The number of esters is 1. The number of fused-ring (bicyclic) bond motifs is 1. The first-order valence-corrected chi connectivity index (χ1v) is 15.2. The summed E-state index contributed by atoms with van der Waals surface area (Å²) in [5.41, 5.74) is 0.758. The average Bonchev–Trinajstić information content (AvgIpc) is 3.62. The maximum absolute atomic E-state index is 13.1. The first-order chi connectivity index (χ1) is 22.3. The summed E-state index contributed by atoms with van der Waals surface area (Å²) in [7, 11) is 3.35. The van der Waals surface area contributed by atoms with E-state index in [0.29, 0.717) is 11.3 Å². The van der Waals surface area contributed by atoms with Crippen LogP contribution in [0.15, 0.2) is 101 Å². The summed E-state index contributed by atoms with van der Waals surface area (Å²) in [6, 6.07) is 27.1. The van der Waals surface area contributed by atoms with Gasteiger partial charge in [0.1, 0.15) is 23.7 Å². The Morgan fingerprint density at radius 3 is 2.13 bits per heavy atom. The van der Waals surface area contributed by atoms with E-state index in [9.17, 15) is 14.4 Å². The molecule has 2 aliphatic heterocycles. The summed E-state index contributed by atoms with van der Waals surface area (Å²) in [4.78, 5) is 46.9. The molecule has 0 aliphatic carbocycles. The lowest BCUT2D eigenvalue weighted by molar-refractivity contribution is -0.203. The lowest BCUT2D eigenvalue weighted by atomic mass is 9.80. The first-order valence-electron chi connectivity index (χ1n) is 15.2. The standard InChI is InChI=1S/C35H37N3O8/c1-5-43-33(40)30-28-29(37(3)46-30)27(45-32(28)38-20-22(2)31(39)36-34(38)41)21-44-35(23-12-8-6-9-13-23,24-14-10-7-11-15-24)25-16-18-26(42-4)19-17-25/h6-20,27-30,32H,5,21H2,1-4H3,(H,36,39,41)/t27-,28+,29-,30+,32-/m1/s1. The van der Waals surface area contributed by atoms with E-state index in [1.54, 1.807) is 33.1 Å². The largest absolute Gasteiger partial charge is 0.497 e. The molecule has 4 aromatic rings. The van der Waals surface area contributed by atoms with Crippen molar-refractivity contribution in [3.63, 3.8) is 0 Å². The summed E-state index contributed by atoms with van der Waals surface area (Å²) in [6.07, 6.45) is -1.21. The molecule has 6 rings (SSSR count). The second-order valence-corrected chi connectivity index (χ2v) is 11.4. The topological polar surface area (TPSA) is 121 Å². The number of hydroxylamine groups is 2. The van der Waals surface area contributed by atoms with Gasteiger partial charge in [-0.2, -0.15) is 5.06 Å². The number of benzene rings is 3. The van der Waals surface area contributed by atoms with E-state index in [1.807, 2.05) is 84.9 Å². The van der Waals surface area contributed by atoms with Crippen LogP contribution in [0.5, 0.6) is 5.75 Å². The molecule has 0 radical (unpaired) electrons. The zero-order valence-electron chi connectivity index (χ0n) is 26.1. The zero-order valence-corrected chi connectivity index (χ0v) is 26.1. The summed E-state index contributed by atoms with van der Waals surface area (Å²) in [6.45, 7) is 3.53. The van der Waals surface area contributed by atoms with Crippen molar-refractivity contribution >= 4 is 5.97 Å². The molecule has 0 spiro atoms. The number of carbonyl (C=O) groups is 1. The van der Waals surface area contributed by atoms with Crippen LogP contribution in [-0.2, 0) is 29.4 Å². The highest BCUT2D eigenvalue weighted by Crippen LogP contribution is 2.47. The van der Waals surface area contributed by atoms with Crippen molar-refractivity contribution in [1.29, 1.82) is 0 Å². The van der Waals surface area contributed by atoms with Gasteiger partial charge in [0, 0.05) is 18.8 Å². The predicted octanol–water partition coefficient (Wildman–Crippen LogP) is 3.55. The summed E-state index contributed by atoms with van der Waals surface area (Å²) < 4.78 is 25.8. The van der Waals surface area contributed by atoms with Gasteiger partial charge in [0.15, 0.2) is 6.10 Å². The molecule has 11 heteroatoms. The zero-order chi connectivity index (χ0) is 32.4. The van der Waals surface area contributed by atoms with Crippen LogP contribution in [0.2, 0.25) is 0 Å². The summed E-state index contributed by atoms with van der Waals surface area (Å²) >= 11 is 0. The molecule has 2 aliphatic rings. The Kier molecular flexibility index (Phi) is 8.92. The highest BCUT2D eigenvalue weighted by atomic mass is 16.7. The smallest absolute Gasteiger partial charge is 0.337 e. The molecular weight excluding hydrogens is 590 g/mol. The van der Waals surface area contributed by atoms with Crippen LogP contribution in [0.4, 0.5) is 0 Å². The van der Waals surface area contributed by atoms with Gasteiger partial charge in [0.2, 0.25) is 0 Å². The monoisotopic (exact) mass is 627 g/mol. The highest BCUT2D eigenvalue weighted by molar-refractivity contribution is 5.75. The molecule has 2 saturated heterocycles. The number of aromatic amines is 1. The number of hydrogen-bond donors (Lipinski definition) is 1. The van der Waals surface area contributed by atoms with Crippen molar-refractivity contribution in [3.8, 4) is 5.75 Å². The molecule has 0 bridgehead atoms. The van der Waals surface area contributed by atoms with Gasteiger partial charge in [-0.05, 0) is 42.7 Å². The lowest BCUT2D eigenvalue weighted by Gasteiger charge is -2.37. The third-order valence-electron chi connectivity index (χ3n) is 8.73. The Hall–Kier alpha value is -4.55. The molecule has 5 atom stereocenters. The molecule has 1 N–H and O–H groups in total. The van der Waals surface area contributed by atoms with Crippen molar-refractivity contribution in [2.75, 3.05) is 27.4 Å². The second-order valence-electron chi connectivity index (χ2n) is 11.4. The van der Waals surface area contributed by atoms with E-state index in [4.69, 9.17) is 23.8 Å². The van der Waals surface area contributed by atoms with Crippen LogP contribution < -0.4 is 16.0 Å². The number of methoxy groups -OCH3 is 1. The molecule has 1 aromatic heterocycles. The minimum absolute atomic E-state index is 0.0494.